The lowest BCUT2D eigenvalue weighted by molar-refractivity contribution is -0.124. The molecule has 2 atom stereocenters. The predicted octanol–water partition coefficient (Wildman–Crippen LogP) is 6.73. The number of hydrogen-bond acceptors (Lipinski definition) is 9. The molecule has 10 heteroatoms. The number of carbonyl (C=O) groups is 2. The molecule has 0 aliphatic carbocycles. The van der Waals surface area contributed by atoms with Gasteiger partial charge >= 0.3 is 0 Å². The molecule has 6 N–H and O–H groups in total. The van der Waals surface area contributed by atoms with Crippen LogP contribution in [0, 0.1) is 0 Å². The van der Waals surface area contributed by atoms with Gasteiger partial charge < -0.3 is 30.6 Å². The highest BCUT2D eigenvalue weighted by Crippen LogP contribution is 2.13. The van der Waals surface area contributed by atoms with Crippen LogP contribution in [-0.4, -0.2) is 116 Å². The normalized spacial score (nSPS) is 12.9. The lowest BCUT2D eigenvalue weighted by atomic mass is 10.1. The summed E-state index contributed by atoms with van der Waals surface area (Å²) in [6.07, 6.45) is 31.2. The summed E-state index contributed by atoms with van der Waals surface area (Å²) in [5.74, 6) is -0.194. The first-order chi connectivity index (χ1) is 25.4. The molecule has 0 fully saturated rings. The number of amides is 1. The first-order valence-corrected chi connectivity index (χ1v) is 22.0. The fourth-order valence-corrected chi connectivity index (χ4v) is 6.79. The highest BCUT2D eigenvalue weighted by Gasteiger charge is 2.15. The number of likely N-dealkylation sites (N-methyl/N-ethyl adjacent to an activating group) is 1. The number of carbonyl (C=O) groups excluding carboxylic acids is 2. The topological polar surface area (TPSA) is 129 Å². The van der Waals surface area contributed by atoms with E-state index >= 15 is 0 Å². The smallest absolute Gasteiger partial charge is 0.239 e. The SMILES string of the molecule is CCCCCCCCCCCCN(CCCCN(CCCCCCCCCCCC)CCCNC(=O)[C@H](CO)NC)CCCNN[C@@H](CO)C(C)=O. The minimum absolute atomic E-state index is 0.0614. The van der Waals surface area contributed by atoms with Crippen LogP contribution in [0.5, 0.6) is 0 Å². The Labute approximate surface area is 321 Å². The van der Waals surface area contributed by atoms with Crippen LogP contribution in [0.15, 0.2) is 0 Å². The molecule has 0 aliphatic rings. The van der Waals surface area contributed by atoms with Gasteiger partial charge in [0.2, 0.25) is 5.91 Å². The third-order valence-electron chi connectivity index (χ3n) is 10.4. The Balaban J connectivity index is 4.77. The molecular weight excluding hydrogens is 653 g/mol. The number of aliphatic hydroxyl groups is 2. The lowest BCUT2D eigenvalue weighted by Gasteiger charge is -2.25. The summed E-state index contributed by atoms with van der Waals surface area (Å²) >= 11 is 0. The Bertz CT molecular complexity index is 773. The fourth-order valence-electron chi connectivity index (χ4n) is 6.79. The molecule has 0 saturated heterocycles. The molecule has 0 bridgehead atoms. The van der Waals surface area contributed by atoms with Crippen molar-refractivity contribution >= 4 is 11.7 Å². The highest BCUT2D eigenvalue weighted by atomic mass is 16.3. The second-order valence-corrected chi connectivity index (χ2v) is 15.2. The first kappa shape index (κ1) is 50.9. The Morgan fingerprint density at radius 3 is 1.21 bits per heavy atom. The zero-order chi connectivity index (χ0) is 38.3. The molecule has 0 heterocycles. The van der Waals surface area contributed by atoms with Crippen molar-refractivity contribution in [2.45, 2.75) is 187 Å². The molecule has 310 valence electrons. The van der Waals surface area contributed by atoms with E-state index in [9.17, 15) is 19.8 Å². The Hall–Kier alpha value is -1.14. The molecule has 0 unspecified atom stereocenters. The maximum absolute atomic E-state index is 12.3. The second-order valence-electron chi connectivity index (χ2n) is 15.2. The van der Waals surface area contributed by atoms with Crippen molar-refractivity contribution < 1.29 is 19.8 Å². The summed E-state index contributed by atoms with van der Waals surface area (Å²) in [5.41, 5.74) is 6.11. The summed E-state index contributed by atoms with van der Waals surface area (Å²) in [5, 5.41) is 24.7. The highest BCUT2D eigenvalue weighted by molar-refractivity contribution is 5.82. The van der Waals surface area contributed by atoms with Gasteiger partial charge in [0, 0.05) is 13.1 Å². The number of nitrogens with one attached hydrogen (secondary N) is 4. The summed E-state index contributed by atoms with van der Waals surface area (Å²) in [7, 11) is 1.70. The third-order valence-corrected chi connectivity index (χ3v) is 10.4. The van der Waals surface area contributed by atoms with Gasteiger partial charge in [-0.1, -0.05) is 129 Å². The van der Waals surface area contributed by atoms with Crippen molar-refractivity contribution in [3.63, 3.8) is 0 Å². The van der Waals surface area contributed by atoms with Crippen LogP contribution in [-0.2, 0) is 9.59 Å². The summed E-state index contributed by atoms with van der Waals surface area (Å²) in [6, 6.07) is -1.09. The van der Waals surface area contributed by atoms with E-state index in [4.69, 9.17) is 0 Å². The Morgan fingerprint density at radius 1 is 0.500 bits per heavy atom. The van der Waals surface area contributed by atoms with Crippen LogP contribution >= 0.6 is 0 Å². The number of hydrogen-bond donors (Lipinski definition) is 6. The molecule has 0 radical (unpaired) electrons. The van der Waals surface area contributed by atoms with Gasteiger partial charge in [-0.25, -0.2) is 5.43 Å². The van der Waals surface area contributed by atoms with Crippen LogP contribution in [0.4, 0.5) is 0 Å². The van der Waals surface area contributed by atoms with Gasteiger partial charge in [0.25, 0.3) is 0 Å². The summed E-state index contributed by atoms with van der Waals surface area (Å²) < 4.78 is 0. The number of ketones is 1. The molecule has 0 spiro atoms. The predicted molar refractivity (Wildman–Crippen MR) is 221 cm³/mol. The van der Waals surface area contributed by atoms with E-state index in [0.717, 1.165) is 58.7 Å². The van der Waals surface area contributed by atoms with Crippen molar-refractivity contribution in [2.75, 3.05) is 72.6 Å². The van der Waals surface area contributed by atoms with Gasteiger partial charge in [-0.15, -0.1) is 0 Å². The minimum Gasteiger partial charge on any atom is -0.394 e. The third kappa shape index (κ3) is 32.3. The standard InChI is InChI=1S/C42H88N6O4/c1-5-7-9-11-13-15-17-19-21-23-31-47(35-27-29-44-42(52)41(38-50)43-4)33-25-26-34-48(36-28-30-45-46-40(37-49)39(3)51)32-24-22-20-18-16-14-12-10-8-6-2/h40-41,43,45-46,49-50H,5-38H2,1-4H3,(H,44,52)/t40-,41-/m0/s1. The van der Waals surface area contributed by atoms with E-state index < -0.39 is 12.1 Å². The van der Waals surface area contributed by atoms with Crippen LogP contribution < -0.4 is 21.5 Å². The molecule has 0 rings (SSSR count). The maximum Gasteiger partial charge on any atom is 0.239 e. The average molecular weight is 741 g/mol. The van der Waals surface area contributed by atoms with Crippen LogP contribution in [0.3, 0.4) is 0 Å². The maximum atomic E-state index is 12.3. The number of aliphatic hydroxyl groups excluding tert-OH is 2. The molecule has 52 heavy (non-hydrogen) atoms. The van der Waals surface area contributed by atoms with E-state index in [-0.39, 0.29) is 24.9 Å². The largest absolute Gasteiger partial charge is 0.394 e. The number of rotatable bonds is 42. The number of Topliss-reactive ketones (excluding diaryl/α,β-unsaturated/α-hetero) is 1. The molecule has 0 aromatic rings. The van der Waals surface area contributed by atoms with Crippen LogP contribution in [0.25, 0.3) is 0 Å². The zero-order valence-corrected chi connectivity index (χ0v) is 34.8. The molecule has 0 aromatic carbocycles. The van der Waals surface area contributed by atoms with E-state index in [1.54, 1.807) is 7.05 Å². The average Bonchev–Trinajstić information content (AvgIpc) is 3.14. The second kappa shape index (κ2) is 39.6. The van der Waals surface area contributed by atoms with Crippen molar-refractivity contribution in [3.8, 4) is 0 Å². The van der Waals surface area contributed by atoms with Crippen LogP contribution in [0.1, 0.15) is 175 Å². The molecule has 1 amide bonds. The summed E-state index contributed by atoms with van der Waals surface area (Å²) in [6.45, 7) is 13.5. The van der Waals surface area contributed by atoms with Crippen molar-refractivity contribution in [3.05, 3.63) is 0 Å². The van der Waals surface area contributed by atoms with Gasteiger partial charge in [0.05, 0.1) is 13.2 Å². The van der Waals surface area contributed by atoms with Gasteiger partial charge in [0.15, 0.2) is 0 Å². The van der Waals surface area contributed by atoms with Gasteiger partial charge in [-0.2, -0.15) is 0 Å². The zero-order valence-electron chi connectivity index (χ0n) is 34.8. The van der Waals surface area contributed by atoms with E-state index in [1.165, 1.54) is 148 Å². The molecule has 10 nitrogen and oxygen atoms in total. The molecule has 0 aliphatic heterocycles. The first-order valence-electron chi connectivity index (χ1n) is 22.0. The van der Waals surface area contributed by atoms with Gasteiger partial charge in [0.1, 0.15) is 17.9 Å². The Kier molecular flexibility index (Phi) is 38.7. The Morgan fingerprint density at radius 2 is 0.846 bits per heavy atom. The van der Waals surface area contributed by atoms with Crippen molar-refractivity contribution in [1.82, 2.24) is 31.3 Å². The lowest BCUT2D eigenvalue weighted by Crippen LogP contribution is -2.47. The number of hydrazine groups is 1. The fraction of sp³-hybridized carbons (Fsp3) is 0.952. The molecule has 0 saturated carbocycles. The monoisotopic (exact) mass is 741 g/mol. The van der Waals surface area contributed by atoms with Crippen molar-refractivity contribution in [2.24, 2.45) is 0 Å². The quantitative estimate of drug-likeness (QED) is 0.0298. The van der Waals surface area contributed by atoms with Crippen molar-refractivity contribution in [1.29, 1.82) is 0 Å². The van der Waals surface area contributed by atoms with Crippen LogP contribution in [0.2, 0.25) is 0 Å². The van der Waals surface area contributed by atoms with E-state index in [1.807, 2.05) is 0 Å². The van der Waals surface area contributed by atoms with E-state index in [0.29, 0.717) is 6.54 Å². The van der Waals surface area contributed by atoms with E-state index in [2.05, 4.69) is 45.1 Å². The summed E-state index contributed by atoms with van der Waals surface area (Å²) in [4.78, 5) is 29.1. The number of nitrogens with zero attached hydrogens (tertiary/aromatic N) is 2. The van der Waals surface area contributed by atoms with Gasteiger partial charge in [-0.3, -0.25) is 15.0 Å². The molecular formula is C42H88N6O4. The minimum atomic E-state index is -0.548. The number of unbranched alkanes of at least 4 members (excludes halogenated alkanes) is 19. The molecule has 0 aromatic heterocycles. The van der Waals surface area contributed by atoms with Gasteiger partial charge in [-0.05, 0) is 91.8 Å².